The van der Waals surface area contributed by atoms with Crippen LogP contribution in [0.5, 0.6) is 0 Å². The molecule has 2 aromatic heterocycles. The Balaban J connectivity index is 2.05. The fraction of sp³-hybridized carbons (Fsp3) is 0.267. The van der Waals surface area contributed by atoms with E-state index >= 15 is 0 Å². The maximum Gasteiger partial charge on any atom is 0.142 e. The molecule has 0 spiro atoms. The third kappa shape index (κ3) is 2.10. The van der Waals surface area contributed by atoms with Gasteiger partial charge in [-0.3, -0.25) is 5.32 Å². The smallest absolute Gasteiger partial charge is 0.142 e. The highest BCUT2D eigenvalue weighted by Gasteiger charge is 2.24. The van der Waals surface area contributed by atoms with Gasteiger partial charge in [0.25, 0.3) is 0 Å². The highest BCUT2D eigenvalue weighted by atomic mass is 32.1. The van der Waals surface area contributed by atoms with E-state index in [-0.39, 0.29) is 6.04 Å². The first-order valence-corrected chi connectivity index (χ1v) is 8.13. The summed E-state index contributed by atoms with van der Waals surface area (Å²) in [4.78, 5) is 5.42. The number of fused-ring (bicyclic) bond motifs is 5. The minimum atomic E-state index is -0.630. The maximum absolute atomic E-state index is 10.4. The summed E-state index contributed by atoms with van der Waals surface area (Å²) in [7, 11) is 0. The zero-order valence-electron chi connectivity index (χ0n) is 11.4. The Morgan fingerprint density at radius 3 is 3.05 bits per heavy atom. The first-order chi connectivity index (χ1) is 10.1. The molecule has 1 aromatic carbocycles. The fourth-order valence-electron chi connectivity index (χ4n) is 2.84. The first-order valence-electron chi connectivity index (χ1n) is 6.86. The van der Waals surface area contributed by atoms with Crippen molar-refractivity contribution in [2.45, 2.75) is 24.2 Å². The van der Waals surface area contributed by atoms with Crippen molar-refractivity contribution in [3.8, 4) is 0 Å². The van der Waals surface area contributed by atoms with Gasteiger partial charge in [-0.1, -0.05) is 0 Å². The number of rotatable bonds is 0. The molecular formula is C15H15N3OS2. The van der Waals surface area contributed by atoms with Gasteiger partial charge in [0, 0.05) is 28.1 Å². The van der Waals surface area contributed by atoms with Gasteiger partial charge in [0.2, 0.25) is 0 Å². The van der Waals surface area contributed by atoms with Gasteiger partial charge >= 0.3 is 0 Å². The van der Waals surface area contributed by atoms with Gasteiger partial charge in [-0.2, -0.15) is 0 Å². The summed E-state index contributed by atoms with van der Waals surface area (Å²) in [5.41, 5.74) is 1.95. The molecule has 4 rings (SSSR count). The topological polar surface area (TPSA) is 57.2 Å². The molecular weight excluding hydrogens is 302 g/mol. The van der Waals surface area contributed by atoms with Crippen molar-refractivity contribution in [1.82, 2.24) is 10.3 Å². The van der Waals surface area contributed by atoms with Gasteiger partial charge in [0.15, 0.2) is 0 Å². The number of hydrogen-bond donors (Lipinski definition) is 4. The van der Waals surface area contributed by atoms with Crippen LogP contribution in [0.3, 0.4) is 0 Å². The van der Waals surface area contributed by atoms with Crippen molar-refractivity contribution in [2.75, 3.05) is 11.9 Å². The number of nitrogens with zero attached hydrogens (tertiary/aromatic N) is 1. The summed E-state index contributed by atoms with van der Waals surface area (Å²) < 4.78 is 1.16. The number of benzene rings is 1. The molecule has 3 aromatic rings. The van der Waals surface area contributed by atoms with E-state index < -0.39 is 6.23 Å². The second-order valence-electron chi connectivity index (χ2n) is 5.37. The third-order valence-electron chi connectivity index (χ3n) is 3.81. The van der Waals surface area contributed by atoms with E-state index in [0.717, 1.165) is 38.1 Å². The van der Waals surface area contributed by atoms with Crippen molar-refractivity contribution in [3.63, 3.8) is 0 Å². The van der Waals surface area contributed by atoms with Crippen molar-refractivity contribution >= 4 is 50.6 Å². The fourth-order valence-corrected chi connectivity index (χ4v) is 4.16. The van der Waals surface area contributed by atoms with Crippen LogP contribution in [0.25, 0.3) is 21.0 Å². The van der Waals surface area contributed by atoms with E-state index in [1.54, 1.807) is 11.3 Å². The molecule has 2 atom stereocenters. The Hall–Kier alpha value is -1.34. The Bertz CT molecular complexity index is 846. The number of thiol groups is 1. The van der Waals surface area contributed by atoms with Gasteiger partial charge in [0.1, 0.15) is 6.23 Å². The standard InChI is InChI=1S/C15H15N3OS2/c1-7-6-16-13-12-8-2-5-11(20)18-9(8)3-4-10(12)21-14(13)15(19)17-7/h2-5,7,15-17,19H,6H2,1H3,(H,18,20)/t7-,15?/m1/s1. The highest BCUT2D eigenvalue weighted by molar-refractivity contribution is 7.80. The molecule has 1 aliphatic rings. The monoisotopic (exact) mass is 317 g/mol. The summed E-state index contributed by atoms with van der Waals surface area (Å²) in [5.74, 6) is 0. The molecule has 0 saturated heterocycles. The quantitative estimate of drug-likeness (QED) is 0.481. The molecule has 0 aliphatic carbocycles. The van der Waals surface area contributed by atoms with Crippen LogP contribution in [-0.4, -0.2) is 22.7 Å². The molecule has 0 radical (unpaired) electrons. The van der Waals surface area contributed by atoms with Gasteiger partial charge in [-0.25, -0.2) is 4.98 Å². The van der Waals surface area contributed by atoms with Crippen molar-refractivity contribution in [2.24, 2.45) is 0 Å². The largest absolute Gasteiger partial charge is 0.382 e. The number of aliphatic hydroxyl groups is 1. The summed E-state index contributed by atoms with van der Waals surface area (Å²) in [5, 5.41) is 20.0. The predicted octanol–water partition coefficient (Wildman–Crippen LogP) is 3.13. The van der Waals surface area contributed by atoms with Gasteiger partial charge in [-0.05, 0) is 31.2 Å². The molecule has 4 nitrogen and oxygen atoms in total. The van der Waals surface area contributed by atoms with Gasteiger partial charge in [0.05, 0.1) is 21.1 Å². The molecule has 1 unspecified atom stereocenters. The maximum atomic E-state index is 10.4. The Morgan fingerprint density at radius 1 is 1.33 bits per heavy atom. The van der Waals surface area contributed by atoms with Crippen LogP contribution in [-0.2, 0) is 0 Å². The number of aromatic nitrogens is 1. The van der Waals surface area contributed by atoms with Crippen molar-refractivity contribution < 1.29 is 5.11 Å². The molecule has 0 saturated carbocycles. The number of hydrogen-bond acceptors (Lipinski definition) is 6. The van der Waals surface area contributed by atoms with Crippen molar-refractivity contribution in [3.05, 3.63) is 29.1 Å². The lowest BCUT2D eigenvalue weighted by molar-refractivity contribution is 0.134. The van der Waals surface area contributed by atoms with E-state index in [4.69, 9.17) is 0 Å². The first kappa shape index (κ1) is 13.3. The van der Waals surface area contributed by atoms with Crippen LogP contribution in [0.1, 0.15) is 18.0 Å². The normalized spacial score (nSPS) is 22.0. The summed E-state index contributed by atoms with van der Waals surface area (Å²) in [6.45, 7) is 2.84. The van der Waals surface area contributed by atoms with E-state index in [1.165, 1.54) is 0 Å². The second kappa shape index (κ2) is 4.84. The lowest BCUT2D eigenvalue weighted by Crippen LogP contribution is -2.32. The molecule has 0 bridgehead atoms. The summed E-state index contributed by atoms with van der Waals surface area (Å²) in [6, 6.07) is 8.25. The zero-order chi connectivity index (χ0) is 14.6. The van der Waals surface area contributed by atoms with Crippen LogP contribution in [0.2, 0.25) is 0 Å². The van der Waals surface area contributed by atoms with Crippen LogP contribution in [0.4, 0.5) is 5.69 Å². The van der Waals surface area contributed by atoms with Gasteiger partial charge in [-0.15, -0.1) is 24.0 Å². The summed E-state index contributed by atoms with van der Waals surface area (Å²) in [6.07, 6.45) is -0.630. The third-order valence-corrected chi connectivity index (χ3v) is 5.27. The Kier molecular flexibility index (Phi) is 3.08. The van der Waals surface area contributed by atoms with Crippen molar-refractivity contribution in [1.29, 1.82) is 0 Å². The van der Waals surface area contributed by atoms with E-state index in [1.807, 2.05) is 12.1 Å². The summed E-state index contributed by atoms with van der Waals surface area (Å²) >= 11 is 5.93. The number of pyridine rings is 1. The van der Waals surface area contributed by atoms with Crippen LogP contribution >= 0.6 is 24.0 Å². The predicted molar refractivity (Wildman–Crippen MR) is 90.4 cm³/mol. The Labute approximate surface area is 131 Å². The second-order valence-corrected chi connectivity index (χ2v) is 6.91. The lowest BCUT2D eigenvalue weighted by Gasteiger charge is -2.13. The minimum Gasteiger partial charge on any atom is -0.382 e. The molecule has 0 amide bonds. The molecule has 3 heterocycles. The van der Waals surface area contributed by atoms with Crippen LogP contribution in [0.15, 0.2) is 29.3 Å². The molecule has 3 N–H and O–H groups in total. The molecule has 21 heavy (non-hydrogen) atoms. The number of thiophene rings is 1. The minimum absolute atomic E-state index is 0.215. The van der Waals surface area contributed by atoms with E-state index in [0.29, 0.717) is 5.03 Å². The van der Waals surface area contributed by atoms with E-state index in [2.05, 4.69) is 47.3 Å². The SMILES string of the molecule is C[C@@H]1CNc2c(sc3ccc4nc(S)ccc4c23)C(O)N1. The molecule has 108 valence electrons. The average molecular weight is 317 g/mol. The molecule has 1 aliphatic heterocycles. The molecule has 6 heteroatoms. The average Bonchev–Trinajstić information content (AvgIpc) is 2.77. The number of aliphatic hydroxyl groups excluding tert-OH is 1. The lowest BCUT2D eigenvalue weighted by atomic mass is 10.1. The highest BCUT2D eigenvalue weighted by Crippen LogP contribution is 2.43. The molecule has 0 fully saturated rings. The van der Waals surface area contributed by atoms with E-state index in [9.17, 15) is 5.11 Å². The van der Waals surface area contributed by atoms with Gasteiger partial charge < -0.3 is 10.4 Å². The zero-order valence-corrected chi connectivity index (χ0v) is 13.1. The number of nitrogens with one attached hydrogen (secondary N) is 2. The Morgan fingerprint density at radius 2 is 2.19 bits per heavy atom. The number of anilines is 1. The van der Waals surface area contributed by atoms with Crippen LogP contribution < -0.4 is 10.6 Å². The van der Waals surface area contributed by atoms with Crippen LogP contribution in [0, 0.1) is 0 Å².